The van der Waals surface area contributed by atoms with Gasteiger partial charge in [0.15, 0.2) is 0 Å². The van der Waals surface area contributed by atoms with E-state index in [9.17, 15) is 8.78 Å². The van der Waals surface area contributed by atoms with Crippen molar-refractivity contribution in [3.05, 3.63) is 0 Å². The van der Waals surface area contributed by atoms with Crippen LogP contribution in [0.2, 0.25) is 0 Å². The number of fused-ring (bicyclic) bond motifs is 1. The van der Waals surface area contributed by atoms with Crippen molar-refractivity contribution >= 4 is 0 Å². The highest BCUT2D eigenvalue weighted by atomic mass is 19.3. The lowest BCUT2D eigenvalue weighted by Gasteiger charge is -1.96. The molecular formula is C6H8F2. The van der Waals surface area contributed by atoms with Crippen LogP contribution < -0.4 is 0 Å². The number of rotatable bonds is 0. The van der Waals surface area contributed by atoms with E-state index >= 15 is 0 Å². The molecule has 0 aliphatic heterocycles. The van der Waals surface area contributed by atoms with E-state index in [1.165, 1.54) is 0 Å². The predicted molar refractivity (Wildman–Crippen MR) is 25.8 cm³/mol. The van der Waals surface area contributed by atoms with E-state index in [1.54, 1.807) is 0 Å². The Kier molecular flexibility index (Phi) is 0.628. The molecule has 0 heterocycles. The summed E-state index contributed by atoms with van der Waals surface area (Å²) in [6.07, 6.45) is 2.58. The first kappa shape index (κ1) is 4.71. The average Bonchev–Trinajstić information content (AvgIpc) is 2.22. The molecule has 0 radical (unpaired) electrons. The van der Waals surface area contributed by atoms with Gasteiger partial charge in [-0.1, -0.05) is 6.42 Å². The van der Waals surface area contributed by atoms with Crippen molar-refractivity contribution < 1.29 is 8.78 Å². The largest absolute Gasteiger partial charge is 0.254 e. The molecule has 0 aromatic carbocycles. The molecule has 0 bridgehead atoms. The Morgan fingerprint density at radius 3 is 1.88 bits per heavy atom. The molecule has 2 saturated carbocycles. The average molecular weight is 118 g/mol. The van der Waals surface area contributed by atoms with Gasteiger partial charge in [-0.2, -0.15) is 0 Å². The van der Waals surface area contributed by atoms with Gasteiger partial charge in [0.1, 0.15) is 0 Å². The van der Waals surface area contributed by atoms with Crippen molar-refractivity contribution in [1.29, 1.82) is 0 Å². The van der Waals surface area contributed by atoms with Crippen LogP contribution in [0.3, 0.4) is 0 Å². The van der Waals surface area contributed by atoms with Crippen molar-refractivity contribution in [3.63, 3.8) is 0 Å². The van der Waals surface area contributed by atoms with Crippen LogP contribution in [0.15, 0.2) is 0 Å². The predicted octanol–water partition coefficient (Wildman–Crippen LogP) is 2.05. The highest BCUT2D eigenvalue weighted by Gasteiger charge is 2.69. The van der Waals surface area contributed by atoms with E-state index in [2.05, 4.69) is 0 Å². The fourth-order valence-electron chi connectivity index (χ4n) is 1.81. The molecule has 2 heteroatoms. The molecule has 0 spiro atoms. The third kappa shape index (κ3) is 0.351. The molecule has 0 aromatic rings. The summed E-state index contributed by atoms with van der Waals surface area (Å²) in [6, 6.07) is 0. The summed E-state index contributed by atoms with van der Waals surface area (Å²) in [4.78, 5) is 0. The first-order chi connectivity index (χ1) is 3.73. The monoisotopic (exact) mass is 118 g/mol. The van der Waals surface area contributed by atoms with Crippen LogP contribution >= 0.6 is 0 Å². The molecule has 0 aromatic heterocycles. The minimum absolute atomic E-state index is 0.206. The zero-order valence-corrected chi connectivity index (χ0v) is 4.53. The molecular weight excluding hydrogens is 110 g/mol. The highest BCUT2D eigenvalue weighted by molar-refractivity contribution is 5.08. The molecule has 2 atom stereocenters. The molecule has 0 saturated heterocycles. The molecule has 2 rings (SSSR count). The number of halogens is 2. The second kappa shape index (κ2) is 1.07. The minimum atomic E-state index is -2.24. The van der Waals surface area contributed by atoms with E-state index in [0.717, 1.165) is 19.3 Å². The Labute approximate surface area is 46.9 Å². The minimum Gasteiger partial charge on any atom is -0.206 e. The summed E-state index contributed by atoms with van der Waals surface area (Å²) in [5, 5.41) is 0. The van der Waals surface area contributed by atoms with E-state index in [1.807, 2.05) is 0 Å². The molecule has 2 aliphatic carbocycles. The van der Waals surface area contributed by atoms with Gasteiger partial charge in [0.2, 0.25) is 0 Å². The molecule has 46 valence electrons. The zero-order valence-electron chi connectivity index (χ0n) is 4.53. The van der Waals surface area contributed by atoms with Crippen LogP contribution in [0.5, 0.6) is 0 Å². The first-order valence-electron chi connectivity index (χ1n) is 3.11. The normalized spacial score (nSPS) is 48.8. The quantitative estimate of drug-likeness (QED) is 0.456. The maximum absolute atomic E-state index is 12.2. The van der Waals surface area contributed by atoms with Crippen LogP contribution in [-0.2, 0) is 0 Å². The molecule has 0 nitrogen and oxygen atoms in total. The first-order valence-corrected chi connectivity index (χ1v) is 3.11. The number of hydrogen-bond donors (Lipinski definition) is 0. The van der Waals surface area contributed by atoms with Gasteiger partial charge >= 0.3 is 0 Å². The Bertz CT molecular complexity index is 108. The summed E-state index contributed by atoms with van der Waals surface area (Å²) in [5.74, 6) is -2.65. The van der Waals surface area contributed by atoms with Gasteiger partial charge in [-0.3, -0.25) is 0 Å². The number of hydrogen-bond acceptors (Lipinski definition) is 0. The standard InChI is InChI=1S/C6H8F2/c7-6(8)4-2-1-3-5(4)6/h4-5H,1-3H2/t4-,5?/m0/s1. The SMILES string of the molecule is FC1(F)C2CCC[C@@H]21. The van der Waals surface area contributed by atoms with E-state index < -0.39 is 5.92 Å². The lowest BCUT2D eigenvalue weighted by molar-refractivity contribution is 0.0728. The third-order valence-electron chi connectivity index (χ3n) is 2.40. The second-order valence-corrected chi connectivity index (χ2v) is 2.82. The van der Waals surface area contributed by atoms with E-state index in [4.69, 9.17) is 0 Å². The lowest BCUT2D eigenvalue weighted by Crippen LogP contribution is -1.98. The fourth-order valence-corrected chi connectivity index (χ4v) is 1.81. The van der Waals surface area contributed by atoms with Gasteiger partial charge in [0.05, 0.1) is 0 Å². The third-order valence-corrected chi connectivity index (χ3v) is 2.40. The fraction of sp³-hybridized carbons (Fsp3) is 1.00. The Hall–Kier alpha value is -0.140. The molecule has 1 unspecified atom stereocenters. The van der Waals surface area contributed by atoms with E-state index in [-0.39, 0.29) is 11.8 Å². The Balaban J connectivity index is 2.13. The molecule has 0 N–H and O–H groups in total. The van der Waals surface area contributed by atoms with Crippen molar-refractivity contribution in [1.82, 2.24) is 0 Å². The summed E-state index contributed by atoms with van der Waals surface area (Å²) in [7, 11) is 0. The van der Waals surface area contributed by atoms with Crippen molar-refractivity contribution in [3.8, 4) is 0 Å². The second-order valence-electron chi connectivity index (χ2n) is 2.82. The van der Waals surface area contributed by atoms with Gasteiger partial charge in [-0.05, 0) is 12.8 Å². The Morgan fingerprint density at radius 2 is 1.62 bits per heavy atom. The van der Waals surface area contributed by atoms with Gasteiger partial charge in [0, 0.05) is 11.8 Å². The summed E-state index contributed by atoms with van der Waals surface area (Å²) >= 11 is 0. The summed E-state index contributed by atoms with van der Waals surface area (Å²) in [6.45, 7) is 0. The van der Waals surface area contributed by atoms with Crippen LogP contribution in [0.1, 0.15) is 19.3 Å². The van der Waals surface area contributed by atoms with Crippen LogP contribution in [-0.4, -0.2) is 5.92 Å². The topological polar surface area (TPSA) is 0 Å². The zero-order chi connectivity index (χ0) is 5.78. The van der Waals surface area contributed by atoms with Crippen LogP contribution in [0.4, 0.5) is 8.78 Å². The Morgan fingerprint density at radius 1 is 1.12 bits per heavy atom. The lowest BCUT2D eigenvalue weighted by atomic mass is 10.2. The number of alkyl halides is 2. The van der Waals surface area contributed by atoms with Crippen LogP contribution in [0.25, 0.3) is 0 Å². The van der Waals surface area contributed by atoms with Gasteiger partial charge in [-0.15, -0.1) is 0 Å². The van der Waals surface area contributed by atoms with Gasteiger partial charge in [-0.25, -0.2) is 8.78 Å². The molecule has 8 heavy (non-hydrogen) atoms. The maximum atomic E-state index is 12.2. The molecule has 2 aliphatic rings. The smallest absolute Gasteiger partial charge is 0.206 e. The van der Waals surface area contributed by atoms with Crippen molar-refractivity contribution in [2.24, 2.45) is 11.8 Å². The summed E-state index contributed by atoms with van der Waals surface area (Å²) < 4.78 is 24.5. The highest BCUT2D eigenvalue weighted by Crippen LogP contribution is 2.63. The van der Waals surface area contributed by atoms with Crippen molar-refractivity contribution in [2.75, 3.05) is 0 Å². The van der Waals surface area contributed by atoms with Gasteiger partial charge in [0.25, 0.3) is 5.92 Å². The maximum Gasteiger partial charge on any atom is 0.254 e. The molecule has 0 amide bonds. The van der Waals surface area contributed by atoms with Crippen molar-refractivity contribution in [2.45, 2.75) is 25.2 Å². The van der Waals surface area contributed by atoms with Crippen LogP contribution in [0, 0.1) is 11.8 Å². The van der Waals surface area contributed by atoms with E-state index in [0.29, 0.717) is 0 Å². The molecule has 2 fully saturated rings. The van der Waals surface area contributed by atoms with Gasteiger partial charge < -0.3 is 0 Å². The summed E-state index contributed by atoms with van der Waals surface area (Å²) in [5.41, 5.74) is 0.